The van der Waals surface area contributed by atoms with E-state index in [1.54, 1.807) is 30.0 Å². The van der Waals surface area contributed by atoms with Crippen molar-refractivity contribution >= 4 is 39.7 Å². The van der Waals surface area contributed by atoms with Gasteiger partial charge in [0.2, 0.25) is 0 Å². The maximum atomic E-state index is 12.5. The molecule has 0 fully saturated rings. The van der Waals surface area contributed by atoms with Gasteiger partial charge in [-0.05, 0) is 60.0 Å². The van der Waals surface area contributed by atoms with E-state index in [1.807, 2.05) is 49.4 Å². The summed E-state index contributed by atoms with van der Waals surface area (Å²) in [6, 6.07) is 15.1. The van der Waals surface area contributed by atoms with E-state index in [-0.39, 0.29) is 5.91 Å². The third-order valence-electron chi connectivity index (χ3n) is 5.44. The highest BCUT2D eigenvalue weighted by Gasteiger charge is 2.17. The lowest BCUT2D eigenvalue weighted by Crippen LogP contribution is -2.12. The van der Waals surface area contributed by atoms with E-state index in [2.05, 4.69) is 20.3 Å². The molecule has 0 atom stereocenters. The molecule has 0 radical (unpaired) electrons. The van der Waals surface area contributed by atoms with Crippen LogP contribution < -0.4 is 11.1 Å². The van der Waals surface area contributed by atoms with Crippen molar-refractivity contribution in [1.29, 1.82) is 0 Å². The first-order valence-electron chi connectivity index (χ1n) is 10.2. The van der Waals surface area contributed by atoms with Gasteiger partial charge < -0.3 is 16.0 Å². The van der Waals surface area contributed by atoms with Gasteiger partial charge in [-0.3, -0.25) is 14.6 Å². The van der Waals surface area contributed by atoms with E-state index in [0.717, 1.165) is 33.3 Å². The Balaban J connectivity index is 1.64. The number of aromatic amines is 1. The molecule has 8 heteroatoms. The van der Waals surface area contributed by atoms with Crippen LogP contribution in [0.4, 0.5) is 5.69 Å². The standard InChI is InChI=1S/C25H19N5O2S/c1-14-4-5-16(29-24(32)25-28-9-10-33-25)11-19(14)17-6-7-18(23(26)31)22-20(17)12-21(30-22)15-3-2-8-27-13-15/h2-13,30H,1H3,(H2,26,31)(H,29,32). The highest BCUT2D eigenvalue weighted by molar-refractivity contribution is 7.11. The van der Waals surface area contributed by atoms with Crippen molar-refractivity contribution in [1.82, 2.24) is 15.0 Å². The largest absolute Gasteiger partial charge is 0.366 e. The molecular weight excluding hydrogens is 434 g/mol. The number of aromatic nitrogens is 3. The van der Waals surface area contributed by atoms with Crippen LogP contribution in [0.15, 0.2) is 72.5 Å². The van der Waals surface area contributed by atoms with Gasteiger partial charge in [0.25, 0.3) is 11.8 Å². The van der Waals surface area contributed by atoms with Crippen LogP contribution in [0.3, 0.4) is 0 Å². The molecule has 5 aromatic rings. The van der Waals surface area contributed by atoms with Crippen LogP contribution in [0.5, 0.6) is 0 Å². The highest BCUT2D eigenvalue weighted by Crippen LogP contribution is 2.36. The van der Waals surface area contributed by atoms with Gasteiger partial charge >= 0.3 is 0 Å². The molecule has 0 aliphatic heterocycles. The lowest BCUT2D eigenvalue weighted by atomic mass is 9.95. The molecule has 2 aromatic carbocycles. The summed E-state index contributed by atoms with van der Waals surface area (Å²) in [6.45, 7) is 2.00. The van der Waals surface area contributed by atoms with Gasteiger partial charge in [-0.15, -0.1) is 11.3 Å². The first-order chi connectivity index (χ1) is 16.0. The van der Waals surface area contributed by atoms with Gasteiger partial charge in [0, 0.05) is 46.3 Å². The van der Waals surface area contributed by atoms with Gasteiger partial charge in [-0.25, -0.2) is 4.98 Å². The Labute approximate surface area is 193 Å². The molecule has 3 aromatic heterocycles. The first kappa shape index (κ1) is 20.6. The zero-order chi connectivity index (χ0) is 22.9. The minimum atomic E-state index is -0.507. The van der Waals surface area contributed by atoms with E-state index in [4.69, 9.17) is 5.73 Å². The second-order valence-electron chi connectivity index (χ2n) is 7.56. The molecule has 162 valence electrons. The molecule has 3 heterocycles. The van der Waals surface area contributed by atoms with Crippen LogP contribution in [-0.4, -0.2) is 26.8 Å². The molecule has 7 nitrogen and oxygen atoms in total. The molecule has 0 bridgehead atoms. The smallest absolute Gasteiger partial charge is 0.284 e. The lowest BCUT2D eigenvalue weighted by Gasteiger charge is -2.12. The van der Waals surface area contributed by atoms with Crippen molar-refractivity contribution in [3.63, 3.8) is 0 Å². The third-order valence-corrected chi connectivity index (χ3v) is 6.22. The number of nitrogens with zero attached hydrogens (tertiary/aromatic N) is 2. The van der Waals surface area contributed by atoms with Crippen LogP contribution >= 0.6 is 11.3 Å². The lowest BCUT2D eigenvalue weighted by molar-refractivity contribution is 0.0998. The van der Waals surface area contributed by atoms with Crippen molar-refractivity contribution in [2.24, 2.45) is 5.73 Å². The molecule has 33 heavy (non-hydrogen) atoms. The number of primary amides is 1. The number of nitrogens with one attached hydrogen (secondary N) is 2. The van der Waals surface area contributed by atoms with Crippen molar-refractivity contribution in [3.05, 3.63) is 88.6 Å². The first-order valence-corrected chi connectivity index (χ1v) is 11.1. The molecule has 4 N–H and O–H groups in total. The van der Waals surface area contributed by atoms with Crippen LogP contribution in [-0.2, 0) is 0 Å². The Kier molecular flexibility index (Phi) is 5.20. The fourth-order valence-corrected chi connectivity index (χ4v) is 4.38. The van der Waals surface area contributed by atoms with Crippen LogP contribution in [0.25, 0.3) is 33.3 Å². The number of carbonyl (C=O) groups is 2. The average molecular weight is 454 g/mol. The van der Waals surface area contributed by atoms with Crippen LogP contribution in [0, 0.1) is 6.92 Å². The maximum Gasteiger partial charge on any atom is 0.284 e. The highest BCUT2D eigenvalue weighted by atomic mass is 32.1. The fourth-order valence-electron chi connectivity index (χ4n) is 3.85. The quantitative estimate of drug-likeness (QED) is 0.347. The van der Waals surface area contributed by atoms with Crippen molar-refractivity contribution < 1.29 is 9.59 Å². The summed E-state index contributed by atoms with van der Waals surface area (Å²) in [6.07, 6.45) is 5.07. The van der Waals surface area contributed by atoms with Crippen molar-refractivity contribution in [2.45, 2.75) is 6.92 Å². The molecule has 0 aliphatic carbocycles. The fraction of sp³-hybridized carbons (Fsp3) is 0.0400. The number of carbonyl (C=O) groups excluding carboxylic acids is 2. The maximum absolute atomic E-state index is 12.5. The topological polar surface area (TPSA) is 114 Å². The number of anilines is 1. The van der Waals surface area contributed by atoms with Crippen LogP contribution in [0.1, 0.15) is 25.7 Å². The third kappa shape index (κ3) is 3.88. The number of rotatable bonds is 5. The Bertz CT molecular complexity index is 1490. The summed E-state index contributed by atoms with van der Waals surface area (Å²) < 4.78 is 0. The van der Waals surface area contributed by atoms with Gasteiger partial charge in [0.1, 0.15) is 0 Å². The summed E-state index contributed by atoms with van der Waals surface area (Å²) in [5, 5.41) is 5.93. The average Bonchev–Trinajstić information content (AvgIpc) is 3.51. The molecule has 0 unspecified atom stereocenters. The van der Waals surface area contributed by atoms with Gasteiger partial charge in [0.05, 0.1) is 11.1 Å². The minimum absolute atomic E-state index is 0.255. The summed E-state index contributed by atoms with van der Waals surface area (Å²) in [5.41, 5.74) is 12.0. The Morgan fingerprint density at radius 1 is 1.06 bits per heavy atom. The molecule has 0 saturated heterocycles. The zero-order valence-corrected chi connectivity index (χ0v) is 18.4. The molecule has 0 spiro atoms. The molecular formula is C25H19N5O2S. The second kappa shape index (κ2) is 8.33. The number of benzene rings is 2. The number of fused-ring (bicyclic) bond motifs is 1. The Hall–Kier alpha value is -4.30. The molecule has 2 amide bonds. The SMILES string of the molecule is Cc1ccc(NC(=O)c2nccs2)cc1-c1ccc(C(N)=O)c2[nH]c(-c3cccnc3)cc12. The summed E-state index contributed by atoms with van der Waals surface area (Å²) in [7, 11) is 0. The van der Waals surface area contributed by atoms with E-state index in [0.29, 0.717) is 21.8 Å². The van der Waals surface area contributed by atoms with Crippen molar-refractivity contribution in [3.8, 4) is 22.4 Å². The second-order valence-corrected chi connectivity index (χ2v) is 8.45. The Morgan fingerprint density at radius 2 is 1.94 bits per heavy atom. The van der Waals surface area contributed by atoms with Crippen molar-refractivity contribution in [2.75, 3.05) is 5.32 Å². The number of thiazole rings is 1. The number of H-pyrrole nitrogens is 1. The summed E-state index contributed by atoms with van der Waals surface area (Å²) >= 11 is 1.28. The summed E-state index contributed by atoms with van der Waals surface area (Å²) in [5.74, 6) is -0.762. The van der Waals surface area contributed by atoms with E-state index in [9.17, 15) is 9.59 Å². The van der Waals surface area contributed by atoms with Gasteiger partial charge in [0.15, 0.2) is 5.01 Å². The molecule has 0 aliphatic rings. The number of pyridine rings is 1. The predicted octanol–water partition coefficient (Wildman–Crippen LogP) is 5.01. The van der Waals surface area contributed by atoms with E-state index in [1.165, 1.54) is 11.3 Å². The summed E-state index contributed by atoms with van der Waals surface area (Å²) in [4.78, 5) is 36.2. The van der Waals surface area contributed by atoms with E-state index < -0.39 is 5.91 Å². The molecule has 5 rings (SSSR count). The van der Waals surface area contributed by atoms with Crippen LogP contribution in [0.2, 0.25) is 0 Å². The number of hydrogen-bond donors (Lipinski definition) is 3. The predicted molar refractivity (Wildman–Crippen MR) is 130 cm³/mol. The monoisotopic (exact) mass is 453 g/mol. The van der Waals surface area contributed by atoms with Gasteiger partial charge in [-0.1, -0.05) is 12.1 Å². The number of nitrogens with two attached hydrogens (primary N) is 1. The Morgan fingerprint density at radius 3 is 2.67 bits per heavy atom. The van der Waals surface area contributed by atoms with E-state index >= 15 is 0 Å². The number of aryl methyl sites for hydroxylation is 1. The number of hydrogen-bond acceptors (Lipinski definition) is 5. The zero-order valence-electron chi connectivity index (χ0n) is 17.6. The normalized spacial score (nSPS) is 10.9. The minimum Gasteiger partial charge on any atom is -0.366 e. The van der Waals surface area contributed by atoms with Gasteiger partial charge in [-0.2, -0.15) is 0 Å². The number of amides is 2. The molecule has 0 saturated carbocycles.